The van der Waals surface area contributed by atoms with Gasteiger partial charge >= 0.3 is 0 Å². The van der Waals surface area contributed by atoms with Crippen LogP contribution < -0.4 is 15.8 Å². The number of methoxy groups -OCH3 is 1. The second-order valence-electron chi connectivity index (χ2n) is 3.16. The zero-order valence-electron chi connectivity index (χ0n) is 8.95. The molecular weight excluding hydrogens is 212 g/mol. The molecule has 0 aliphatic heterocycles. The number of rotatable bonds is 5. The van der Waals surface area contributed by atoms with Crippen LogP contribution >= 0.6 is 0 Å². The lowest BCUT2D eigenvalue weighted by molar-refractivity contribution is 0.415. The lowest BCUT2D eigenvalue weighted by Crippen LogP contribution is -2.11. The van der Waals surface area contributed by atoms with E-state index in [0.29, 0.717) is 18.0 Å². The second kappa shape index (κ2) is 5.60. The summed E-state index contributed by atoms with van der Waals surface area (Å²) in [6, 6.07) is 5.41. The standard InChI is InChI=1S/C10H16N2O2S/c1-14-8-3-4-9(11)10(7-8)12-5-6-15(2)13/h3-4,7,12H,5-6,11H2,1-2H3. The summed E-state index contributed by atoms with van der Waals surface area (Å²) in [5.41, 5.74) is 7.25. The number of nitrogens with two attached hydrogens (primary N) is 1. The third-order valence-electron chi connectivity index (χ3n) is 1.97. The highest BCUT2D eigenvalue weighted by atomic mass is 32.2. The third-order valence-corrected chi connectivity index (χ3v) is 2.74. The molecule has 1 atom stereocenters. The minimum absolute atomic E-state index is 0.608. The van der Waals surface area contributed by atoms with Crippen LogP contribution in [0.1, 0.15) is 0 Å². The van der Waals surface area contributed by atoms with Crippen molar-refractivity contribution in [2.75, 3.05) is 36.7 Å². The molecule has 1 aromatic rings. The molecule has 15 heavy (non-hydrogen) atoms. The summed E-state index contributed by atoms with van der Waals surface area (Å²) < 4.78 is 15.9. The predicted octanol–water partition coefficient (Wildman–Crippen LogP) is 1.07. The Morgan fingerprint density at radius 1 is 1.53 bits per heavy atom. The molecule has 0 heterocycles. The summed E-state index contributed by atoms with van der Waals surface area (Å²) in [6.07, 6.45) is 1.68. The van der Waals surface area contributed by atoms with E-state index in [9.17, 15) is 4.21 Å². The molecule has 0 spiro atoms. The normalized spacial score (nSPS) is 12.1. The Morgan fingerprint density at radius 2 is 2.27 bits per heavy atom. The molecule has 0 aromatic heterocycles. The third kappa shape index (κ3) is 3.79. The van der Waals surface area contributed by atoms with Crippen molar-refractivity contribution < 1.29 is 8.95 Å². The molecule has 1 rings (SSSR count). The van der Waals surface area contributed by atoms with E-state index in [1.54, 1.807) is 25.5 Å². The van der Waals surface area contributed by atoms with E-state index >= 15 is 0 Å². The molecule has 0 saturated heterocycles. The van der Waals surface area contributed by atoms with Crippen molar-refractivity contribution in [2.45, 2.75) is 0 Å². The zero-order valence-corrected chi connectivity index (χ0v) is 9.76. The first-order valence-electron chi connectivity index (χ1n) is 4.61. The van der Waals surface area contributed by atoms with Gasteiger partial charge in [0.2, 0.25) is 0 Å². The SMILES string of the molecule is COc1ccc(N)c(NCCS(C)=O)c1. The molecule has 0 amide bonds. The van der Waals surface area contributed by atoms with Crippen LogP contribution in [0.15, 0.2) is 18.2 Å². The van der Waals surface area contributed by atoms with Crippen molar-refractivity contribution in [3.63, 3.8) is 0 Å². The van der Waals surface area contributed by atoms with Crippen LogP contribution in [0.5, 0.6) is 5.75 Å². The Labute approximate surface area is 92.3 Å². The van der Waals surface area contributed by atoms with E-state index in [0.717, 1.165) is 11.4 Å². The molecule has 0 saturated carbocycles. The fraction of sp³-hybridized carbons (Fsp3) is 0.400. The van der Waals surface area contributed by atoms with Crippen LogP contribution in [0.25, 0.3) is 0 Å². The van der Waals surface area contributed by atoms with Crippen molar-refractivity contribution >= 4 is 22.2 Å². The van der Waals surface area contributed by atoms with Crippen LogP contribution in [0.4, 0.5) is 11.4 Å². The van der Waals surface area contributed by atoms with Crippen LogP contribution in [-0.2, 0) is 10.8 Å². The summed E-state index contributed by atoms with van der Waals surface area (Å²) in [5.74, 6) is 1.36. The number of anilines is 2. The van der Waals surface area contributed by atoms with Gasteiger partial charge in [0.05, 0.1) is 18.5 Å². The Hall–Kier alpha value is -1.23. The van der Waals surface area contributed by atoms with Crippen molar-refractivity contribution in [2.24, 2.45) is 0 Å². The van der Waals surface area contributed by atoms with E-state index in [1.165, 1.54) is 0 Å². The largest absolute Gasteiger partial charge is 0.497 e. The van der Waals surface area contributed by atoms with Gasteiger partial charge in [-0.05, 0) is 12.1 Å². The van der Waals surface area contributed by atoms with Gasteiger partial charge in [0.15, 0.2) is 0 Å². The Balaban J connectivity index is 2.62. The van der Waals surface area contributed by atoms with Crippen molar-refractivity contribution in [3.8, 4) is 5.75 Å². The van der Waals surface area contributed by atoms with Crippen molar-refractivity contribution in [1.29, 1.82) is 0 Å². The van der Waals surface area contributed by atoms with Gasteiger partial charge in [-0.2, -0.15) is 0 Å². The number of hydrogen-bond acceptors (Lipinski definition) is 4. The van der Waals surface area contributed by atoms with E-state index < -0.39 is 10.8 Å². The predicted molar refractivity (Wildman–Crippen MR) is 64.8 cm³/mol. The average molecular weight is 228 g/mol. The first kappa shape index (κ1) is 11.8. The molecule has 0 bridgehead atoms. The molecule has 5 heteroatoms. The summed E-state index contributed by atoms with van der Waals surface area (Å²) in [4.78, 5) is 0. The molecular formula is C10H16N2O2S. The highest BCUT2D eigenvalue weighted by molar-refractivity contribution is 7.84. The maximum absolute atomic E-state index is 10.9. The highest BCUT2D eigenvalue weighted by Crippen LogP contribution is 2.23. The van der Waals surface area contributed by atoms with Gasteiger partial charge in [0.25, 0.3) is 0 Å². The Bertz CT molecular complexity index is 355. The van der Waals surface area contributed by atoms with Gasteiger partial charge < -0.3 is 15.8 Å². The quantitative estimate of drug-likeness (QED) is 0.740. The number of hydrogen-bond donors (Lipinski definition) is 2. The van der Waals surface area contributed by atoms with E-state index in [2.05, 4.69) is 5.32 Å². The first-order valence-corrected chi connectivity index (χ1v) is 6.33. The highest BCUT2D eigenvalue weighted by Gasteiger charge is 2.00. The number of nitrogen functional groups attached to an aromatic ring is 1. The van der Waals surface area contributed by atoms with Gasteiger partial charge in [-0.15, -0.1) is 0 Å². The van der Waals surface area contributed by atoms with Crippen LogP contribution in [-0.4, -0.2) is 29.9 Å². The van der Waals surface area contributed by atoms with Gasteiger partial charge in [-0.25, -0.2) is 0 Å². The topological polar surface area (TPSA) is 64.3 Å². The first-order chi connectivity index (χ1) is 7.13. The maximum Gasteiger partial charge on any atom is 0.121 e. The molecule has 0 aliphatic carbocycles. The Morgan fingerprint density at radius 3 is 2.87 bits per heavy atom. The molecule has 1 unspecified atom stereocenters. The van der Waals surface area contributed by atoms with Crippen molar-refractivity contribution in [3.05, 3.63) is 18.2 Å². The van der Waals surface area contributed by atoms with Crippen molar-refractivity contribution in [1.82, 2.24) is 0 Å². The van der Waals surface area contributed by atoms with Crippen LogP contribution in [0.2, 0.25) is 0 Å². The van der Waals surface area contributed by atoms with Gasteiger partial charge in [0, 0.05) is 35.4 Å². The summed E-state index contributed by atoms with van der Waals surface area (Å²) >= 11 is 0. The molecule has 0 aliphatic rings. The number of ether oxygens (including phenoxy) is 1. The summed E-state index contributed by atoms with van der Waals surface area (Å²) in [5, 5.41) is 3.12. The molecule has 0 radical (unpaired) electrons. The minimum Gasteiger partial charge on any atom is -0.497 e. The summed E-state index contributed by atoms with van der Waals surface area (Å²) in [6.45, 7) is 0.639. The zero-order chi connectivity index (χ0) is 11.3. The molecule has 0 fully saturated rings. The van der Waals surface area contributed by atoms with E-state index in [4.69, 9.17) is 10.5 Å². The molecule has 1 aromatic carbocycles. The monoisotopic (exact) mass is 228 g/mol. The van der Waals surface area contributed by atoms with Crippen LogP contribution in [0, 0.1) is 0 Å². The van der Waals surface area contributed by atoms with Gasteiger partial charge in [-0.1, -0.05) is 0 Å². The smallest absolute Gasteiger partial charge is 0.121 e. The minimum atomic E-state index is -0.788. The fourth-order valence-corrected chi connectivity index (χ4v) is 1.53. The van der Waals surface area contributed by atoms with Crippen LogP contribution in [0.3, 0.4) is 0 Å². The number of nitrogens with one attached hydrogen (secondary N) is 1. The number of benzene rings is 1. The van der Waals surface area contributed by atoms with E-state index in [1.807, 2.05) is 6.07 Å². The van der Waals surface area contributed by atoms with E-state index in [-0.39, 0.29) is 0 Å². The molecule has 84 valence electrons. The maximum atomic E-state index is 10.9. The lowest BCUT2D eigenvalue weighted by Gasteiger charge is -2.10. The van der Waals surface area contributed by atoms with Gasteiger partial charge in [0.1, 0.15) is 5.75 Å². The van der Waals surface area contributed by atoms with Gasteiger partial charge in [-0.3, -0.25) is 4.21 Å². The average Bonchev–Trinajstić information content (AvgIpc) is 2.20. The second-order valence-corrected chi connectivity index (χ2v) is 4.71. The molecule has 3 N–H and O–H groups in total. The fourth-order valence-electron chi connectivity index (χ4n) is 1.14. The Kier molecular flexibility index (Phi) is 4.42. The summed E-state index contributed by atoms with van der Waals surface area (Å²) in [7, 11) is 0.820. The lowest BCUT2D eigenvalue weighted by atomic mass is 10.2. The molecule has 4 nitrogen and oxygen atoms in total.